The van der Waals surface area contributed by atoms with E-state index < -0.39 is 5.97 Å². The van der Waals surface area contributed by atoms with Gasteiger partial charge in [0.15, 0.2) is 0 Å². The Hall–Kier alpha value is -0.810. The summed E-state index contributed by atoms with van der Waals surface area (Å²) in [5.74, 6) is -0.627. The maximum Gasteiger partial charge on any atom is 0.352 e. The molecule has 0 saturated carbocycles. The van der Waals surface area contributed by atoms with Crippen molar-refractivity contribution in [3.8, 4) is 0 Å². The van der Waals surface area contributed by atoms with Crippen molar-refractivity contribution < 1.29 is 14.6 Å². The number of rotatable bonds is 5. The molecule has 1 atom stereocenters. The van der Waals surface area contributed by atoms with E-state index in [-0.39, 0.29) is 5.92 Å². The lowest BCUT2D eigenvalue weighted by molar-refractivity contribution is 0.0682. The van der Waals surface area contributed by atoms with Gasteiger partial charge in [-0.15, -0.1) is 0 Å². The molecule has 0 radical (unpaired) electrons. The van der Waals surface area contributed by atoms with Gasteiger partial charge < -0.3 is 14.4 Å². The van der Waals surface area contributed by atoms with Crippen LogP contribution in [0.4, 0.5) is 0 Å². The summed E-state index contributed by atoms with van der Waals surface area (Å²) in [6, 6.07) is 1.60. The Balaban J connectivity index is 2.79. The molecule has 0 bridgehead atoms. The lowest BCUT2D eigenvalue weighted by atomic mass is 10.2. The summed E-state index contributed by atoms with van der Waals surface area (Å²) in [4.78, 5) is 10.9. The highest BCUT2D eigenvalue weighted by Crippen LogP contribution is 2.16. The summed E-state index contributed by atoms with van der Waals surface area (Å²) in [6.45, 7) is 3.28. The summed E-state index contributed by atoms with van der Waals surface area (Å²) in [6.07, 6.45) is 1.77. The summed E-state index contributed by atoms with van der Waals surface area (Å²) >= 11 is 3.26. The Kier molecular flexibility index (Phi) is 4.35. The molecule has 0 spiro atoms. The average molecular weight is 276 g/mol. The number of carbonyl (C=O) groups is 1. The van der Waals surface area contributed by atoms with E-state index in [1.54, 1.807) is 23.9 Å². The topological polar surface area (TPSA) is 51.5 Å². The molecule has 0 amide bonds. The monoisotopic (exact) mass is 275 g/mol. The van der Waals surface area contributed by atoms with Crippen molar-refractivity contribution in [3.05, 3.63) is 22.4 Å². The van der Waals surface area contributed by atoms with E-state index in [1.807, 2.05) is 6.92 Å². The van der Waals surface area contributed by atoms with E-state index in [0.717, 1.165) is 4.47 Å². The van der Waals surface area contributed by atoms with Crippen LogP contribution in [0, 0.1) is 5.92 Å². The third-order valence-electron chi connectivity index (χ3n) is 2.04. The number of hydrogen-bond donors (Lipinski definition) is 1. The fourth-order valence-electron chi connectivity index (χ4n) is 1.48. The zero-order valence-corrected chi connectivity index (χ0v) is 10.3. The molecule has 1 aromatic heterocycles. The van der Waals surface area contributed by atoms with Crippen molar-refractivity contribution >= 4 is 21.9 Å². The van der Waals surface area contributed by atoms with E-state index in [4.69, 9.17) is 9.84 Å². The molecule has 0 aliphatic rings. The number of carboxylic acids is 1. The molecule has 15 heavy (non-hydrogen) atoms. The molecular formula is C10H14BrNO3. The third-order valence-corrected chi connectivity index (χ3v) is 2.48. The maximum absolute atomic E-state index is 10.9. The number of methoxy groups -OCH3 is 1. The second-order valence-corrected chi connectivity index (χ2v) is 4.48. The van der Waals surface area contributed by atoms with Crippen LogP contribution in [-0.4, -0.2) is 29.4 Å². The average Bonchev–Trinajstić information content (AvgIpc) is 2.47. The van der Waals surface area contributed by atoms with Crippen LogP contribution in [0.2, 0.25) is 0 Å². The maximum atomic E-state index is 10.9. The van der Waals surface area contributed by atoms with Crippen molar-refractivity contribution in [2.24, 2.45) is 5.92 Å². The van der Waals surface area contributed by atoms with Crippen LogP contribution >= 0.6 is 15.9 Å². The smallest absolute Gasteiger partial charge is 0.352 e. The second-order valence-electron chi connectivity index (χ2n) is 3.56. The summed E-state index contributed by atoms with van der Waals surface area (Å²) in [7, 11) is 1.64. The number of aromatic nitrogens is 1. The number of carboxylic acid groups (broad SMARTS) is 1. The number of nitrogens with zero attached hydrogens (tertiary/aromatic N) is 1. The van der Waals surface area contributed by atoms with Gasteiger partial charge in [0.25, 0.3) is 0 Å². The van der Waals surface area contributed by atoms with Gasteiger partial charge in [-0.05, 0) is 27.9 Å². The Labute approximate surface area is 97.0 Å². The standard InChI is InChI=1S/C10H14BrNO3/c1-7(6-15-2)4-12-5-8(11)3-9(12)10(13)14/h3,5,7H,4,6H2,1-2H3,(H,13,14). The van der Waals surface area contributed by atoms with Crippen LogP contribution in [0.1, 0.15) is 17.4 Å². The minimum absolute atomic E-state index is 0.285. The van der Waals surface area contributed by atoms with Crippen LogP contribution in [0.15, 0.2) is 16.7 Å². The molecule has 4 nitrogen and oxygen atoms in total. The van der Waals surface area contributed by atoms with Crippen molar-refractivity contribution in [1.82, 2.24) is 4.57 Å². The molecule has 1 rings (SSSR count). The minimum atomic E-state index is -0.912. The molecule has 1 N–H and O–H groups in total. The molecule has 1 unspecified atom stereocenters. The van der Waals surface area contributed by atoms with Gasteiger partial charge in [0.05, 0.1) is 6.61 Å². The normalized spacial score (nSPS) is 12.7. The van der Waals surface area contributed by atoms with Crippen LogP contribution < -0.4 is 0 Å². The van der Waals surface area contributed by atoms with Crippen LogP contribution in [-0.2, 0) is 11.3 Å². The van der Waals surface area contributed by atoms with Gasteiger partial charge >= 0.3 is 5.97 Å². The van der Waals surface area contributed by atoms with Crippen LogP contribution in [0.5, 0.6) is 0 Å². The molecule has 0 fully saturated rings. The molecule has 1 heterocycles. The fraction of sp³-hybridized carbons (Fsp3) is 0.500. The summed E-state index contributed by atoms with van der Waals surface area (Å²) in [5.41, 5.74) is 0.296. The highest BCUT2D eigenvalue weighted by Gasteiger charge is 2.13. The molecule has 84 valence electrons. The van der Waals surface area contributed by atoms with Crippen LogP contribution in [0.3, 0.4) is 0 Å². The van der Waals surface area contributed by atoms with E-state index in [2.05, 4.69) is 15.9 Å². The highest BCUT2D eigenvalue weighted by atomic mass is 79.9. The van der Waals surface area contributed by atoms with Crippen molar-refractivity contribution in [2.75, 3.05) is 13.7 Å². The minimum Gasteiger partial charge on any atom is -0.477 e. The molecule has 0 aromatic carbocycles. The summed E-state index contributed by atoms with van der Waals surface area (Å²) < 4.78 is 7.51. The largest absolute Gasteiger partial charge is 0.477 e. The SMILES string of the molecule is COCC(C)Cn1cc(Br)cc1C(=O)O. The van der Waals surface area contributed by atoms with Gasteiger partial charge in [0, 0.05) is 24.3 Å². The first kappa shape index (κ1) is 12.3. The molecule has 1 aromatic rings. The zero-order valence-electron chi connectivity index (χ0n) is 8.74. The van der Waals surface area contributed by atoms with Crippen molar-refractivity contribution in [1.29, 1.82) is 0 Å². The fourth-order valence-corrected chi connectivity index (χ4v) is 1.94. The molecule has 5 heteroatoms. The lowest BCUT2D eigenvalue weighted by Gasteiger charge is -2.12. The first-order valence-electron chi connectivity index (χ1n) is 4.62. The number of halogens is 1. The van der Waals surface area contributed by atoms with Gasteiger partial charge in [0.1, 0.15) is 5.69 Å². The quantitative estimate of drug-likeness (QED) is 0.897. The van der Waals surface area contributed by atoms with Crippen molar-refractivity contribution in [2.45, 2.75) is 13.5 Å². The predicted molar refractivity (Wildman–Crippen MR) is 60.1 cm³/mol. The molecule has 0 aliphatic carbocycles. The van der Waals surface area contributed by atoms with E-state index in [0.29, 0.717) is 18.8 Å². The third kappa shape index (κ3) is 3.35. The second kappa shape index (κ2) is 5.32. The van der Waals surface area contributed by atoms with E-state index in [9.17, 15) is 4.79 Å². The Morgan fingerprint density at radius 2 is 2.40 bits per heavy atom. The van der Waals surface area contributed by atoms with E-state index in [1.165, 1.54) is 0 Å². The predicted octanol–water partition coefficient (Wildman–Crippen LogP) is 2.23. The number of ether oxygens (including phenoxy) is 1. The molecule has 0 saturated heterocycles. The first-order valence-corrected chi connectivity index (χ1v) is 5.41. The van der Waals surface area contributed by atoms with Gasteiger partial charge in [0.2, 0.25) is 0 Å². The molecular weight excluding hydrogens is 262 g/mol. The van der Waals surface area contributed by atoms with Crippen LogP contribution in [0.25, 0.3) is 0 Å². The Morgan fingerprint density at radius 1 is 1.73 bits per heavy atom. The summed E-state index contributed by atoms with van der Waals surface area (Å²) in [5, 5.41) is 8.95. The van der Waals surface area contributed by atoms with Gasteiger partial charge in [-0.25, -0.2) is 4.79 Å². The van der Waals surface area contributed by atoms with Crippen molar-refractivity contribution in [3.63, 3.8) is 0 Å². The number of aromatic carboxylic acids is 1. The molecule has 0 aliphatic heterocycles. The van der Waals surface area contributed by atoms with Gasteiger partial charge in [-0.1, -0.05) is 6.92 Å². The zero-order chi connectivity index (χ0) is 11.4. The van der Waals surface area contributed by atoms with E-state index >= 15 is 0 Å². The van der Waals surface area contributed by atoms with Gasteiger partial charge in [-0.3, -0.25) is 0 Å². The number of hydrogen-bond acceptors (Lipinski definition) is 2. The Bertz CT molecular complexity index is 348. The van der Waals surface area contributed by atoms with Gasteiger partial charge in [-0.2, -0.15) is 0 Å². The first-order chi connectivity index (χ1) is 7.04. The lowest BCUT2D eigenvalue weighted by Crippen LogP contribution is -2.15. The Morgan fingerprint density at radius 3 is 2.93 bits per heavy atom. The highest BCUT2D eigenvalue weighted by molar-refractivity contribution is 9.10.